The fourth-order valence-electron chi connectivity index (χ4n) is 3.35. The van der Waals surface area contributed by atoms with Crippen LogP contribution in [0.15, 0.2) is 0 Å². The van der Waals surface area contributed by atoms with E-state index in [2.05, 4.69) is 32.8 Å². The average Bonchev–Trinajstić information content (AvgIpc) is 2.76. The molecule has 2 nitrogen and oxygen atoms in total. The summed E-state index contributed by atoms with van der Waals surface area (Å²) < 4.78 is 0. The predicted molar refractivity (Wildman–Crippen MR) is 77.8 cm³/mol. The number of likely N-dealkylation sites (tertiary alicyclic amines) is 2. The molecule has 0 amide bonds. The molecule has 2 fully saturated rings. The van der Waals surface area contributed by atoms with Crippen LogP contribution in [0.5, 0.6) is 0 Å². The van der Waals surface area contributed by atoms with Gasteiger partial charge in [-0.3, -0.25) is 0 Å². The van der Waals surface area contributed by atoms with Crippen molar-refractivity contribution in [3.63, 3.8) is 0 Å². The van der Waals surface area contributed by atoms with Gasteiger partial charge < -0.3 is 9.80 Å². The van der Waals surface area contributed by atoms with Gasteiger partial charge in [0, 0.05) is 17.9 Å². The van der Waals surface area contributed by atoms with Gasteiger partial charge >= 0.3 is 0 Å². The molecule has 0 bridgehead atoms. The summed E-state index contributed by atoms with van der Waals surface area (Å²) in [6.07, 6.45) is 8.45. The summed E-state index contributed by atoms with van der Waals surface area (Å²) >= 11 is 3.56. The Morgan fingerprint density at radius 2 is 2.00 bits per heavy atom. The molecule has 3 heteroatoms. The fraction of sp³-hybridized carbons (Fsp3) is 1.00. The van der Waals surface area contributed by atoms with Crippen molar-refractivity contribution in [2.45, 2.75) is 44.6 Å². The van der Waals surface area contributed by atoms with Crippen LogP contribution in [0.25, 0.3) is 0 Å². The second kappa shape index (κ2) is 7.10. The molecule has 0 aromatic heterocycles. The van der Waals surface area contributed by atoms with Crippen molar-refractivity contribution in [2.24, 2.45) is 5.92 Å². The maximum absolute atomic E-state index is 3.56. The minimum Gasteiger partial charge on any atom is -0.303 e. The van der Waals surface area contributed by atoms with Crippen molar-refractivity contribution in [3.8, 4) is 0 Å². The van der Waals surface area contributed by atoms with E-state index in [-0.39, 0.29) is 0 Å². The topological polar surface area (TPSA) is 6.48 Å². The first-order valence-corrected chi connectivity index (χ1v) is 8.40. The lowest BCUT2D eigenvalue weighted by Crippen LogP contribution is -2.38. The Morgan fingerprint density at radius 1 is 1.12 bits per heavy atom. The van der Waals surface area contributed by atoms with E-state index >= 15 is 0 Å². The minimum atomic E-state index is 0.860. The summed E-state index contributed by atoms with van der Waals surface area (Å²) in [4.78, 5) is 5.27. The molecule has 0 saturated carbocycles. The quantitative estimate of drug-likeness (QED) is 0.721. The first kappa shape index (κ1) is 13.8. The van der Waals surface area contributed by atoms with Gasteiger partial charge in [-0.15, -0.1) is 0 Å². The van der Waals surface area contributed by atoms with Crippen LogP contribution in [0, 0.1) is 5.92 Å². The normalized spacial score (nSPS) is 32.1. The summed E-state index contributed by atoms with van der Waals surface area (Å²) in [6, 6.07) is 0.860. The Balaban J connectivity index is 1.65. The number of nitrogens with zero attached hydrogens (tertiary/aromatic N) is 2. The van der Waals surface area contributed by atoms with Gasteiger partial charge in [-0.2, -0.15) is 0 Å². The molecule has 2 aliphatic rings. The zero-order chi connectivity index (χ0) is 12.1. The van der Waals surface area contributed by atoms with Crippen LogP contribution in [-0.2, 0) is 0 Å². The van der Waals surface area contributed by atoms with Crippen LogP contribution in [0.2, 0.25) is 0 Å². The molecule has 2 aliphatic heterocycles. The third kappa shape index (κ3) is 4.22. The number of alkyl halides is 1. The van der Waals surface area contributed by atoms with Crippen LogP contribution >= 0.6 is 15.9 Å². The van der Waals surface area contributed by atoms with Crippen molar-refractivity contribution < 1.29 is 0 Å². The van der Waals surface area contributed by atoms with E-state index in [1.54, 1.807) is 0 Å². The zero-order valence-corrected chi connectivity index (χ0v) is 12.8. The Labute approximate surface area is 115 Å². The molecule has 2 atom stereocenters. The number of hydrogen-bond donors (Lipinski definition) is 0. The van der Waals surface area contributed by atoms with E-state index in [1.807, 2.05) is 0 Å². The lowest BCUT2D eigenvalue weighted by molar-refractivity contribution is 0.159. The molecule has 2 heterocycles. The van der Waals surface area contributed by atoms with E-state index < -0.39 is 0 Å². The van der Waals surface area contributed by atoms with Crippen molar-refractivity contribution in [2.75, 3.05) is 38.6 Å². The molecular formula is C14H27BrN2. The van der Waals surface area contributed by atoms with Crippen LogP contribution in [0.4, 0.5) is 0 Å². The average molecular weight is 303 g/mol. The molecule has 0 aromatic rings. The summed E-state index contributed by atoms with van der Waals surface area (Å²) in [6.45, 7) is 5.33. The molecule has 0 aromatic carbocycles. The monoisotopic (exact) mass is 302 g/mol. The minimum absolute atomic E-state index is 0.860. The van der Waals surface area contributed by atoms with Gasteiger partial charge in [0.15, 0.2) is 0 Å². The molecule has 0 N–H and O–H groups in total. The third-order valence-electron chi connectivity index (χ3n) is 4.59. The van der Waals surface area contributed by atoms with E-state index in [4.69, 9.17) is 0 Å². The standard InChI is InChI=1S/C14H27BrN2/c1-16-9-3-2-4-14(16)7-11-17-10-6-13(12-17)5-8-15/h13-14H,2-12H2,1H3. The van der Waals surface area contributed by atoms with E-state index in [9.17, 15) is 0 Å². The maximum atomic E-state index is 3.56. The Bertz CT molecular complexity index is 222. The van der Waals surface area contributed by atoms with Crippen molar-refractivity contribution in [1.82, 2.24) is 9.80 Å². The number of halogens is 1. The molecule has 2 rings (SSSR count). The van der Waals surface area contributed by atoms with Crippen LogP contribution in [0.1, 0.15) is 38.5 Å². The molecular weight excluding hydrogens is 276 g/mol. The van der Waals surface area contributed by atoms with Gasteiger partial charge in [-0.1, -0.05) is 22.4 Å². The third-order valence-corrected chi connectivity index (χ3v) is 5.05. The molecule has 2 unspecified atom stereocenters. The first-order valence-electron chi connectivity index (χ1n) is 7.28. The molecule has 0 aliphatic carbocycles. The second-order valence-corrected chi connectivity index (χ2v) is 6.64. The maximum Gasteiger partial charge on any atom is 0.0104 e. The van der Waals surface area contributed by atoms with Crippen LogP contribution in [-0.4, -0.2) is 54.4 Å². The van der Waals surface area contributed by atoms with Crippen molar-refractivity contribution >= 4 is 15.9 Å². The molecule has 100 valence electrons. The highest BCUT2D eigenvalue weighted by Crippen LogP contribution is 2.23. The number of piperidine rings is 1. The van der Waals surface area contributed by atoms with Crippen molar-refractivity contribution in [1.29, 1.82) is 0 Å². The molecule has 0 spiro atoms. The Morgan fingerprint density at radius 3 is 2.76 bits per heavy atom. The summed E-state index contributed by atoms with van der Waals surface area (Å²) in [5.41, 5.74) is 0. The summed E-state index contributed by atoms with van der Waals surface area (Å²) in [5, 5.41) is 1.18. The fourth-order valence-corrected chi connectivity index (χ4v) is 3.99. The van der Waals surface area contributed by atoms with Crippen LogP contribution < -0.4 is 0 Å². The molecule has 0 radical (unpaired) electrons. The summed E-state index contributed by atoms with van der Waals surface area (Å²) in [7, 11) is 2.31. The van der Waals surface area contributed by atoms with E-state index in [0.717, 1.165) is 12.0 Å². The second-order valence-electron chi connectivity index (χ2n) is 5.85. The van der Waals surface area contributed by atoms with Crippen molar-refractivity contribution in [3.05, 3.63) is 0 Å². The van der Waals surface area contributed by atoms with Gasteiger partial charge in [0.25, 0.3) is 0 Å². The zero-order valence-electron chi connectivity index (χ0n) is 11.2. The Kier molecular flexibility index (Phi) is 5.78. The van der Waals surface area contributed by atoms with Gasteiger partial charge in [0.1, 0.15) is 0 Å². The van der Waals surface area contributed by atoms with Gasteiger partial charge in [-0.25, -0.2) is 0 Å². The Hall–Kier alpha value is 0.400. The SMILES string of the molecule is CN1CCCCC1CCN1CCC(CCBr)C1. The highest BCUT2D eigenvalue weighted by Gasteiger charge is 2.24. The number of hydrogen-bond acceptors (Lipinski definition) is 2. The van der Waals surface area contributed by atoms with Gasteiger partial charge in [-0.05, 0) is 64.7 Å². The van der Waals surface area contributed by atoms with E-state index in [1.165, 1.54) is 70.0 Å². The highest BCUT2D eigenvalue weighted by molar-refractivity contribution is 9.09. The molecule has 2 saturated heterocycles. The first-order chi connectivity index (χ1) is 8.29. The summed E-state index contributed by atoms with van der Waals surface area (Å²) in [5.74, 6) is 0.957. The van der Waals surface area contributed by atoms with Gasteiger partial charge in [0.05, 0.1) is 0 Å². The van der Waals surface area contributed by atoms with E-state index in [0.29, 0.717) is 0 Å². The highest BCUT2D eigenvalue weighted by atomic mass is 79.9. The molecule has 17 heavy (non-hydrogen) atoms. The number of rotatable bonds is 5. The lowest BCUT2D eigenvalue weighted by Gasteiger charge is -2.33. The van der Waals surface area contributed by atoms with Crippen LogP contribution in [0.3, 0.4) is 0 Å². The largest absolute Gasteiger partial charge is 0.303 e. The predicted octanol–water partition coefficient (Wildman–Crippen LogP) is 2.97. The lowest BCUT2D eigenvalue weighted by atomic mass is 10.00. The van der Waals surface area contributed by atoms with Gasteiger partial charge in [0.2, 0.25) is 0 Å². The smallest absolute Gasteiger partial charge is 0.0104 e.